The summed E-state index contributed by atoms with van der Waals surface area (Å²) in [5, 5.41) is 0.507. The smallest absolute Gasteiger partial charge is 0.406 e. The van der Waals surface area contributed by atoms with E-state index >= 15 is 0 Å². The van der Waals surface area contributed by atoms with Crippen LogP contribution in [0.4, 0.5) is 13.2 Å². The molecule has 0 radical (unpaired) electrons. The zero-order valence-corrected chi connectivity index (χ0v) is 13.9. The monoisotopic (exact) mass is 356 g/mol. The van der Waals surface area contributed by atoms with E-state index in [0.29, 0.717) is 17.3 Å². The molecule has 1 aromatic carbocycles. The first kappa shape index (κ1) is 17.0. The number of fused-ring (bicyclic) bond motifs is 1. The van der Waals surface area contributed by atoms with E-state index in [2.05, 4.69) is 14.6 Å². The number of nitrogens with zero attached hydrogens (tertiary/aromatic N) is 2. The average Bonchev–Trinajstić information content (AvgIpc) is 2.93. The number of pyridine rings is 1. The van der Waals surface area contributed by atoms with Crippen molar-refractivity contribution in [3.05, 3.63) is 57.9 Å². The molecule has 2 heterocycles. The highest BCUT2D eigenvalue weighted by molar-refractivity contribution is 6.30. The third kappa shape index (κ3) is 3.49. The van der Waals surface area contributed by atoms with Gasteiger partial charge in [0, 0.05) is 30.9 Å². The van der Waals surface area contributed by atoms with Gasteiger partial charge in [0.05, 0.1) is 0 Å². The molecule has 1 aliphatic heterocycles. The zero-order chi connectivity index (χ0) is 17.5. The number of benzene rings is 1. The van der Waals surface area contributed by atoms with Crippen molar-refractivity contribution in [2.24, 2.45) is 0 Å². The molecule has 0 saturated heterocycles. The SMILES string of the molecule is Cc1cc(C(C)N2Cc3ccnc(Cl)c3C2)ccc1OC(F)(F)F. The molecular weight excluding hydrogens is 341 g/mol. The molecule has 2 aromatic rings. The molecule has 0 N–H and O–H groups in total. The van der Waals surface area contributed by atoms with E-state index in [9.17, 15) is 13.2 Å². The Labute approximate surface area is 143 Å². The second-order valence-corrected chi connectivity index (χ2v) is 6.25. The lowest BCUT2D eigenvalue weighted by Gasteiger charge is -2.25. The van der Waals surface area contributed by atoms with Crippen LogP contribution in [0.1, 0.15) is 35.2 Å². The third-order valence-corrected chi connectivity index (χ3v) is 4.62. The Balaban J connectivity index is 1.78. The fraction of sp³-hybridized carbons (Fsp3) is 0.353. The Kier molecular flexibility index (Phi) is 4.44. The van der Waals surface area contributed by atoms with Crippen molar-refractivity contribution in [2.75, 3.05) is 0 Å². The lowest BCUT2D eigenvalue weighted by molar-refractivity contribution is -0.274. The molecule has 0 bridgehead atoms. The molecule has 7 heteroatoms. The van der Waals surface area contributed by atoms with Gasteiger partial charge in [-0.25, -0.2) is 4.98 Å². The molecule has 0 saturated carbocycles. The number of hydrogen-bond acceptors (Lipinski definition) is 3. The number of hydrogen-bond donors (Lipinski definition) is 0. The summed E-state index contributed by atoms with van der Waals surface area (Å²) < 4.78 is 41.1. The average molecular weight is 357 g/mol. The normalized spacial score (nSPS) is 16.1. The van der Waals surface area contributed by atoms with Gasteiger partial charge in [0.1, 0.15) is 10.9 Å². The first-order chi connectivity index (χ1) is 11.2. The summed E-state index contributed by atoms with van der Waals surface area (Å²) >= 11 is 6.13. The van der Waals surface area contributed by atoms with Gasteiger partial charge >= 0.3 is 6.36 Å². The molecule has 1 unspecified atom stereocenters. The van der Waals surface area contributed by atoms with Crippen molar-refractivity contribution in [3.8, 4) is 5.75 Å². The van der Waals surface area contributed by atoms with Gasteiger partial charge in [-0.1, -0.05) is 23.7 Å². The van der Waals surface area contributed by atoms with Crippen LogP contribution >= 0.6 is 11.6 Å². The minimum Gasteiger partial charge on any atom is -0.406 e. The Morgan fingerprint density at radius 2 is 2.00 bits per heavy atom. The van der Waals surface area contributed by atoms with E-state index in [1.165, 1.54) is 6.07 Å². The van der Waals surface area contributed by atoms with Crippen molar-refractivity contribution >= 4 is 11.6 Å². The van der Waals surface area contributed by atoms with Gasteiger partial charge in [-0.15, -0.1) is 13.2 Å². The van der Waals surface area contributed by atoms with Crippen LogP contribution in [0.3, 0.4) is 0 Å². The van der Waals surface area contributed by atoms with Crippen LogP contribution < -0.4 is 4.74 Å². The molecule has 3 rings (SSSR count). The second-order valence-electron chi connectivity index (χ2n) is 5.89. The summed E-state index contributed by atoms with van der Waals surface area (Å²) in [6.45, 7) is 5.03. The van der Waals surface area contributed by atoms with Gasteiger partial charge in [-0.3, -0.25) is 4.90 Å². The van der Waals surface area contributed by atoms with Crippen LogP contribution in [0.5, 0.6) is 5.75 Å². The van der Waals surface area contributed by atoms with E-state index in [-0.39, 0.29) is 11.8 Å². The topological polar surface area (TPSA) is 25.4 Å². The van der Waals surface area contributed by atoms with E-state index < -0.39 is 6.36 Å². The Hall–Kier alpha value is -1.79. The predicted octanol–water partition coefficient (Wildman–Crippen LogP) is 5.02. The Morgan fingerprint density at radius 1 is 1.25 bits per heavy atom. The number of aromatic nitrogens is 1. The van der Waals surface area contributed by atoms with E-state index in [1.807, 2.05) is 13.0 Å². The molecule has 1 aliphatic rings. The lowest BCUT2D eigenvalue weighted by Crippen LogP contribution is -2.21. The summed E-state index contributed by atoms with van der Waals surface area (Å²) in [7, 11) is 0. The summed E-state index contributed by atoms with van der Waals surface area (Å²) in [6, 6.07) is 6.74. The highest BCUT2D eigenvalue weighted by atomic mass is 35.5. The molecule has 1 atom stereocenters. The van der Waals surface area contributed by atoms with Crippen molar-refractivity contribution in [1.82, 2.24) is 9.88 Å². The molecular formula is C17H16ClF3N2O. The first-order valence-electron chi connectivity index (χ1n) is 7.47. The third-order valence-electron chi connectivity index (χ3n) is 4.29. The maximum Gasteiger partial charge on any atom is 0.573 e. The zero-order valence-electron chi connectivity index (χ0n) is 13.2. The fourth-order valence-corrected chi connectivity index (χ4v) is 3.19. The van der Waals surface area contributed by atoms with Crippen LogP contribution in [0.2, 0.25) is 5.15 Å². The predicted molar refractivity (Wildman–Crippen MR) is 84.8 cm³/mol. The van der Waals surface area contributed by atoms with Crippen molar-refractivity contribution < 1.29 is 17.9 Å². The van der Waals surface area contributed by atoms with Gasteiger partial charge in [0.15, 0.2) is 0 Å². The Morgan fingerprint density at radius 3 is 2.62 bits per heavy atom. The van der Waals surface area contributed by atoms with Gasteiger partial charge < -0.3 is 4.74 Å². The summed E-state index contributed by atoms with van der Waals surface area (Å²) in [5.41, 5.74) is 3.53. The fourth-order valence-electron chi connectivity index (χ4n) is 2.95. The van der Waals surface area contributed by atoms with Crippen molar-refractivity contribution in [2.45, 2.75) is 39.3 Å². The molecule has 0 aliphatic carbocycles. The number of alkyl halides is 3. The number of halogens is 4. The van der Waals surface area contributed by atoms with Crippen molar-refractivity contribution in [3.63, 3.8) is 0 Å². The van der Waals surface area contributed by atoms with E-state index in [0.717, 1.165) is 23.2 Å². The molecule has 24 heavy (non-hydrogen) atoms. The van der Waals surface area contributed by atoms with Crippen LogP contribution in [-0.4, -0.2) is 16.2 Å². The van der Waals surface area contributed by atoms with Gasteiger partial charge in [-0.2, -0.15) is 0 Å². The summed E-state index contributed by atoms with van der Waals surface area (Å²) in [6.07, 6.45) is -3.00. The van der Waals surface area contributed by atoms with Crippen LogP contribution in [0.15, 0.2) is 30.5 Å². The van der Waals surface area contributed by atoms with Gasteiger partial charge in [0.25, 0.3) is 0 Å². The second kappa shape index (κ2) is 6.26. The maximum atomic E-state index is 12.4. The largest absolute Gasteiger partial charge is 0.573 e. The number of rotatable bonds is 3. The molecule has 0 amide bonds. The molecule has 0 fully saturated rings. The summed E-state index contributed by atoms with van der Waals surface area (Å²) in [4.78, 5) is 6.30. The quantitative estimate of drug-likeness (QED) is 0.722. The highest BCUT2D eigenvalue weighted by Gasteiger charge is 2.32. The van der Waals surface area contributed by atoms with E-state index in [1.54, 1.807) is 25.3 Å². The summed E-state index contributed by atoms with van der Waals surface area (Å²) in [5.74, 6) is -0.171. The minimum atomic E-state index is -4.68. The van der Waals surface area contributed by atoms with Gasteiger partial charge in [-0.05, 0) is 42.7 Å². The standard InChI is InChI=1S/C17H16ClF3N2O/c1-10-7-12(3-4-15(10)24-17(19,20)21)11(2)23-8-13-5-6-22-16(18)14(13)9-23/h3-7,11H,8-9H2,1-2H3. The first-order valence-corrected chi connectivity index (χ1v) is 7.85. The molecule has 0 spiro atoms. The lowest BCUT2D eigenvalue weighted by atomic mass is 10.0. The molecule has 3 nitrogen and oxygen atoms in total. The van der Waals surface area contributed by atoms with Crippen LogP contribution in [0.25, 0.3) is 0 Å². The highest BCUT2D eigenvalue weighted by Crippen LogP contribution is 2.35. The molecule has 1 aromatic heterocycles. The van der Waals surface area contributed by atoms with Crippen molar-refractivity contribution in [1.29, 1.82) is 0 Å². The van der Waals surface area contributed by atoms with Gasteiger partial charge in [0.2, 0.25) is 0 Å². The van der Waals surface area contributed by atoms with Crippen LogP contribution in [0, 0.1) is 6.92 Å². The Bertz CT molecular complexity index is 764. The van der Waals surface area contributed by atoms with Crippen LogP contribution in [-0.2, 0) is 13.1 Å². The maximum absolute atomic E-state index is 12.4. The number of aryl methyl sites for hydroxylation is 1. The number of ether oxygens (including phenoxy) is 1. The minimum absolute atomic E-state index is 0.0344. The molecule has 128 valence electrons. The van der Waals surface area contributed by atoms with E-state index in [4.69, 9.17) is 11.6 Å².